The van der Waals surface area contributed by atoms with Gasteiger partial charge in [-0.3, -0.25) is 14.5 Å². The van der Waals surface area contributed by atoms with Crippen molar-refractivity contribution in [3.8, 4) is 6.07 Å². The molecule has 0 saturated carbocycles. The van der Waals surface area contributed by atoms with Gasteiger partial charge in [-0.05, 0) is 64.7 Å². The molecule has 3 saturated heterocycles. The van der Waals surface area contributed by atoms with Gasteiger partial charge in [0.05, 0.1) is 18.2 Å². The number of rotatable bonds is 6. The summed E-state index contributed by atoms with van der Waals surface area (Å²) >= 11 is 0. The molecule has 1 aromatic rings. The Morgan fingerprint density at radius 2 is 1.97 bits per heavy atom. The molecule has 0 aromatic heterocycles. The molecule has 3 amide bonds. The standard InChI is InChI=1S/C26H34FN5O4/c1-16(17-7-9-18(27)10-8-17)32-20-12-22(24(32)34)30(14-20)15-21(29-25(35)36-26(2,3)4)23(33)31-11-5-6-19(31)13-28/h7-10,16,19-22H,5-6,11-12,14-15H2,1-4H3,(H,29,35)/t16-,19+,20+,21+,22+/m1/s1. The molecule has 0 unspecified atom stereocenters. The molecule has 3 heterocycles. The third-order valence-electron chi connectivity index (χ3n) is 7.18. The van der Waals surface area contributed by atoms with Crippen LogP contribution in [0.2, 0.25) is 0 Å². The van der Waals surface area contributed by atoms with Gasteiger partial charge in [-0.25, -0.2) is 9.18 Å². The Morgan fingerprint density at radius 1 is 1.28 bits per heavy atom. The van der Waals surface area contributed by atoms with Crippen molar-refractivity contribution in [1.82, 2.24) is 20.0 Å². The summed E-state index contributed by atoms with van der Waals surface area (Å²) in [5, 5.41) is 12.2. The highest BCUT2D eigenvalue weighted by Crippen LogP contribution is 2.38. The number of alkyl carbamates (subject to hydrolysis) is 1. The summed E-state index contributed by atoms with van der Waals surface area (Å²) < 4.78 is 18.7. The molecule has 3 fully saturated rings. The van der Waals surface area contributed by atoms with Crippen molar-refractivity contribution in [2.45, 2.75) is 82.8 Å². The van der Waals surface area contributed by atoms with Crippen LogP contribution in [0, 0.1) is 17.1 Å². The molecule has 1 N–H and O–H groups in total. The maximum atomic E-state index is 13.4. The minimum Gasteiger partial charge on any atom is -0.444 e. The molecule has 0 aliphatic carbocycles. The summed E-state index contributed by atoms with van der Waals surface area (Å²) in [5.41, 5.74) is 0.125. The fraction of sp³-hybridized carbons (Fsp3) is 0.615. The van der Waals surface area contributed by atoms with E-state index in [-0.39, 0.29) is 36.3 Å². The van der Waals surface area contributed by atoms with E-state index in [2.05, 4.69) is 11.4 Å². The number of nitrogens with zero attached hydrogens (tertiary/aromatic N) is 4. The van der Waals surface area contributed by atoms with Crippen molar-refractivity contribution in [1.29, 1.82) is 5.26 Å². The molecule has 36 heavy (non-hydrogen) atoms. The molecule has 1 aromatic carbocycles. The summed E-state index contributed by atoms with van der Waals surface area (Å²) in [6.45, 7) is 8.32. The topological polar surface area (TPSA) is 106 Å². The van der Waals surface area contributed by atoms with Gasteiger partial charge < -0.3 is 19.9 Å². The quantitative estimate of drug-likeness (QED) is 0.645. The first-order valence-corrected chi connectivity index (χ1v) is 12.5. The second kappa shape index (κ2) is 10.1. The van der Waals surface area contributed by atoms with Gasteiger partial charge in [0.25, 0.3) is 0 Å². The monoisotopic (exact) mass is 499 g/mol. The minimum atomic E-state index is -0.941. The first-order chi connectivity index (χ1) is 17.0. The highest BCUT2D eigenvalue weighted by atomic mass is 19.1. The number of carbonyl (C=O) groups is 3. The number of nitrogens with one attached hydrogen (secondary N) is 1. The number of fused-ring (bicyclic) bond motifs is 2. The van der Waals surface area contributed by atoms with Crippen LogP contribution in [0.4, 0.5) is 9.18 Å². The maximum Gasteiger partial charge on any atom is 0.408 e. The smallest absolute Gasteiger partial charge is 0.408 e. The van der Waals surface area contributed by atoms with Crippen LogP contribution in [-0.4, -0.2) is 82.0 Å². The number of amides is 3. The zero-order valence-electron chi connectivity index (χ0n) is 21.2. The van der Waals surface area contributed by atoms with Crippen LogP contribution >= 0.6 is 0 Å². The lowest BCUT2D eigenvalue weighted by Crippen LogP contribution is -2.59. The first kappa shape index (κ1) is 25.9. The number of benzene rings is 1. The number of piperazine rings is 1. The van der Waals surface area contributed by atoms with Crippen LogP contribution in [0.25, 0.3) is 0 Å². The number of halogens is 1. The van der Waals surface area contributed by atoms with Crippen molar-refractivity contribution in [2.24, 2.45) is 0 Å². The van der Waals surface area contributed by atoms with Crippen LogP contribution in [0.15, 0.2) is 24.3 Å². The van der Waals surface area contributed by atoms with Gasteiger partial charge >= 0.3 is 6.09 Å². The largest absolute Gasteiger partial charge is 0.444 e. The van der Waals surface area contributed by atoms with E-state index in [9.17, 15) is 24.0 Å². The highest BCUT2D eigenvalue weighted by molar-refractivity contribution is 5.88. The Balaban J connectivity index is 1.47. The van der Waals surface area contributed by atoms with E-state index in [1.807, 2.05) is 16.7 Å². The number of ether oxygens (including phenoxy) is 1. The zero-order chi connectivity index (χ0) is 26.2. The van der Waals surface area contributed by atoms with E-state index < -0.39 is 29.8 Å². The molecule has 194 valence electrons. The van der Waals surface area contributed by atoms with E-state index >= 15 is 0 Å². The van der Waals surface area contributed by atoms with Crippen LogP contribution in [-0.2, 0) is 14.3 Å². The summed E-state index contributed by atoms with van der Waals surface area (Å²) in [6.07, 6.45) is 1.25. The minimum absolute atomic E-state index is 0.0392. The van der Waals surface area contributed by atoms with E-state index in [0.717, 1.165) is 12.0 Å². The predicted octanol–water partition coefficient (Wildman–Crippen LogP) is 2.58. The summed E-state index contributed by atoms with van der Waals surface area (Å²) in [6, 6.07) is 6.23. The fourth-order valence-electron chi connectivity index (χ4n) is 5.54. The predicted molar refractivity (Wildman–Crippen MR) is 129 cm³/mol. The second-order valence-electron chi connectivity index (χ2n) is 10.8. The van der Waals surface area contributed by atoms with E-state index in [1.165, 1.54) is 17.0 Å². The Bertz CT molecular complexity index is 1050. The average Bonchev–Trinajstić information content (AvgIpc) is 3.51. The number of hydrogen-bond donors (Lipinski definition) is 1. The normalized spacial score (nSPS) is 25.6. The van der Waals surface area contributed by atoms with Gasteiger partial charge in [0.15, 0.2) is 0 Å². The molecule has 10 heteroatoms. The lowest BCUT2D eigenvalue weighted by atomic mass is 10.1. The summed E-state index contributed by atoms with van der Waals surface area (Å²) in [4.78, 5) is 44.6. The Kier molecular flexibility index (Phi) is 7.23. The molecule has 0 radical (unpaired) electrons. The third-order valence-corrected chi connectivity index (χ3v) is 7.18. The molecule has 4 rings (SSSR count). The van der Waals surface area contributed by atoms with Gasteiger partial charge in [0.2, 0.25) is 11.8 Å². The van der Waals surface area contributed by atoms with Crippen molar-refractivity contribution in [3.05, 3.63) is 35.6 Å². The zero-order valence-corrected chi connectivity index (χ0v) is 21.2. The van der Waals surface area contributed by atoms with Gasteiger partial charge in [-0.15, -0.1) is 0 Å². The van der Waals surface area contributed by atoms with Crippen molar-refractivity contribution in [2.75, 3.05) is 19.6 Å². The molecular formula is C26H34FN5O4. The molecular weight excluding hydrogens is 465 g/mol. The first-order valence-electron chi connectivity index (χ1n) is 12.5. The molecule has 2 bridgehead atoms. The van der Waals surface area contributed by atoms with Crippen molar-refractivity contribution >= 4 is 17.9 Å². The SMILES string of the molecule is C[C@H](c1ccc(F)cc1)N1C(=O)[C@@H]2C[C@H]1CN2C[C@H](NC(=O)OC(C)(C)C)C(=O)N1CCC[C@H]1C#N. The van der Waals surface area contributed by atoms with Gasteiger partial charge in [0.1, 0.15) is 23.5 Å². The van der Waals surface area contributed by atoms with Crippen molar-refractivity contribution < 1.29 is 23.5 Å². The van der Waals surface area contributed by atoms with Crippen LogP contribution < -0.4 is 5.32 Å². The molecule has 3 aliphatic heterocycles. The van der Waals surface area contributed by atoms with E-state index in [0.29, 0.717) is 25.9 Å². The van der Waals surface area contributed by atoms with Crippen LogP contribution in [0.1, 0.15) is 58.6 Å². The van der Waals surface area contributed by atoms with E-state index in [1.54, 1.807) is 32.9 Å². The fourth-order valence-corrected chi connectivity index (χ4v) is 5.54. The lowest BCUT2D eigenvalue weighted by molar-refractivity contribution is -0.141. The van der Waals surface area contributed by atoms with Gasteiger partial charge in [0, 0.05) is 25.7 Å². The lowest BCUT2D eigenvalue weighted by Gasteiger charge is -2.39. The Hall–Kier alpha value is -3.19. The summed E-state index contributed by atoms with van der Waals surface area (Å²) in [5.74, 6) is -0.699. The molecule has 0 spiro atoms. The molecule has 3 aliphatic rings. The molecule has 5 atom stereocenters. The Labute approximate surface area is 211 Å². The summed E-state index contributed by atoms with van der Waals surface area (Å²) in [7, 11) is 0. The number of carbonyl (C=O) groups excluding carboxylic acids is 3. The average molecular weight is 500 g/mol. The van der Waals surface area contributed by atoms with Crippen LogP contribution in [0.3, 0.4) is 0 Å². The Morgan fingerprint density at radius 3 is 2.58 bits per heavy atom. The van der Waals surface area contributed by atoms with Gasteiger partial charge in [-0.1, -0.05) is 12.1 Å². The highest BCUT2D eigenvalue weighted by Gasteiger charge is 2.52. The maximum absolute atomic E-state index is 13.4. The second-order valence-corrected chi connectivity index (χ2v) is 10.8. The molecule has 9 nitrogen and oxygen atoms in total. The third kappa shape index (κ3) is 5.31. The number of likely N-dealkylation sites (tertiary alicyclic amines) is 3. The van der Waals surface area contributed by atoms with Crippen LogP contribution in [0.5, 0.6) is 0 Å². The van der Waals surface area contributed by atoms with E-state index in [4.69, 9.17) is 4.74 Å². The van der Waals surface area contributed by atoms with Gasteiger partial charge in [-0.2, -0.15) is 5.26 Å². The van der Waals surface area contributed by atoms with Crippen molar-refractivity contribution in [3.63, 3.8) is 0 Å². The number of nitriles is 1. The number of hydrogen-bond acceptors (Lipinski definition) is 6.